The molecule has 3 nitrogen and oxygen atoms in total. The van der Waals surface area contributed by atoms with Crippen molar-refractivity contribution in [3.8, 4) is 34.2 Å². The molecule has 4 rings (SSSR count). The normalized spacial score (nSPS) is 10.7. The Hall–Kier alpha value is -3.11. The SMILES string of the molecule is Fc1ccc(-c2nc(-c3ccccc3)nc(-c3ccccc3)n2)cc1Cl. The van der Waals surface area contributed by atoms with Gasteiger partial charge in [0.05, 0.1) is 5.02 Å². The maximum atomic E-state index is 13.5. The minimum absolute atomic E-state index is 0.0328. The summed E-state index contributed by atoms with van der Waals surface area (Å²) in [6.07, 6.45) is 0. The van der Waals surface area contributed by atoms with Crippen LogP contribution in [0.5, 0.6) is 0 Å². The standard InChI is InChI=1S/C21H13ClFN3/c22-17-13-16(11-12-18(17)23)21-25-19(14-7-3-1-4-8-14)24-20(26-21)15-9-5-2-6-10-15/h1-13H. The van der Waals surface area contributed by atoms with Gasteiger partial charge in [0.2, 0.25) is 0 Å². The molecule has 0 aliphatic rings. The third kappa shape index (κ3) is 3.32. The molecule has 0 saturated heterocycles. The molecule has 0 unspecified atom stereocenters. The summed E-state index contributed by atoms with van der Waals surface area (Å²) in [5.41, 5.74) is 2.39. The zero-order valence-electron chi connectivity index (χ0n) is 13.6. The van der Waals surface area contributed by atoms with E-state index < -0.39 is 5.82 Å². The second kappa shape index (κ2) is 7.02. The quantitative estimate of drug-likeness (QED) is 0.472. The van der Waals surface area contributed by atoms with Gasteiger partial charge in [0.25, 0.3) is 0 Å². The van der Waals surface area contributed by atoms with Crippen LogP contribution in [-0.2, 0) is 0 Å². The van der Waals surface area contributed by atoms with Gasteiger partial charge in [0.15, 0.2) is 17.5 Å². The summed E-state index contributed by atoms with van der Waals surface area (Å²) < 4.78 is 13.5. The molecule has 0 radical (unpaired) electrons. The number of nitrogens with zero attached hydrogens (tertiary/aromatic N) is 3. The molecule has 1 heterocycles. The second-order valence-corrected chi connectivity index (χ2v) is 6.07. The van der Waals surface area contributed by atoms with Crippen LogP contribution in [0.1, 0.15) is 0 Å². The average molecular weight is 362 g/mol. The minimum atomic E-state index is -0.476. The lowest BCUT2D eigenvalue weighted by Gasteiger charge is -2.08. The topological polar surface area (TPSA) is 38.7 Å². The number of hydrogen-bond acceptors (Lipinski definition) is 3. The van der Waals surface area contributed by atoms with Crippen LogP contribution in [-0.4, -0.2) is 15.0 Å². The van der Waals surface area contributed by atoms with Crippen molar-refractivity contribution in [2.45, 2.75) is 0 Å². The van der Waals surface area contributed by atoms with Crippen LogP contribution in [0, 0.1) is 5.82 Å². The predicted octanol–water partition coefficient (Wildman–Crippen LogP) is 5.67. The Morgan fingerprint density at radius 1 is 0.577 bits per heavy atom. The molecule has 0 amide bonds. The molecule has 126 valence electrons. The van der Waals surface area contributed by atoms with Crippen LogP contribution in [0.25, 0.3) is 34.2 Å². The molecule has 4 aromatic rings. The molecular formula is C21H13ClFN3. The van der Waals surface area contributed by atoms with Crippen molar-refractivity contribution < 1.29 is 4.39 Å². The minimum Gasteiger partial charge on any atom is -0.208 e. The molecule has 0 spiro atoms. The van der Waals surface area contributed by atoms with Crippen LogP contribution in [0.4, 0.5) is 4.39 Å². The van der Waals surface area contributed by atoms with Crippen molar-refractivity contribution in [1.82, 2.24) is 15.0 Å². The Bertz CT molecular complexity index is 996. The maximum Gasteiger partial charge on any atom is 0.164 e. The maximum absolute atomic E-state index is 13.5. The number of aromatic nitrogens is 3. The van der Waals surface area contributed by atoms with E-state index in [0.29, 0.717) is 23.0 Å². The summed E-state index contributed by atoms with van der Waals surface area (Å²) >= 11 is 5.93. The fraction of sp³-hybridized carbons (Fsp3) is 0. The Balaban J connectivity index is 1.92. The van der Waals surface area contributed by atoms with Crippen LogP contribution in [0.2, 0.25) is 5.02 Å². The van der Waals surface area contributed by atoms with Crippen molar-refractivity contribution in [2.24, 2.45) is 0 Å². The average Bonchev–Trinajstić information content (AvgIpc) is 2.71. The van der Waals surface area contributed by atoms with Gasteiger partial charge in [-0.1, -0.05) is 72.3 Å². The molecule has 5 heteroatoms. The number of halogens is 2. The summed E-state index contributed by atoms with van der Waals surface area (Å²) in [6, 6.07) is 23.8. The van der Waals surface area contributed by atoms with E-state index in [1.807, 2.05) is 60.7 Å². The highest BCUT2D eigenvalue weighted by Crippen LogP contribution is 2.26. The van der Waals surface area contributed by atoms with Crippen molar-refractivity contribution in [2.75, 3.05) is 0 Å². The first kappa shape index (κ1) is 16.4. The van der Waals surface area contributed by atoms with Crippen molar-refractivity contribution >= 4 is 11.6 Å². The largest absolute Gasteiger partial charge is 0.208 e. The van der Waals surface area contributed by atoms with Gasteiger partial charge in [-0.25, -0.2) is 19.3 Å². The van der Waals surface area contributed by atoms with E-state index in [0.717, 1.165) is 11.1 Å². The van der Waals surface area contributed by atoms with Gasteiger partial charge in [-0.05, 0) is 18.2 Å². The lowest BCUT2D eigenvalue weighted by Crippen LogP contribution is -2.00. The van der Waals surface area contributed by atoms with E-state index in [9.17, 15) is 4.39 Å². The molecule has 0 bridgehead atoms. The predicted molar refractivity (Wildman–Crippen MR) is 101 cm³/mol. The highest BCUT2D eigenvalue weighted by Gasteiger charge is 2.13. The first-order valence-corrected chi connectivity index (χ1v) is 8.41. The van der Waals surface area contributed by atoms with E-state index >= 15 is 0 Å². The molecule has 0 aliphatic heterocycles. The number of hydrogen-bond donors (Lipinski definition) is 0. The Morgan fingerprint density at radius 2 is 1.04 bits per heavy atom. The van der Waals surface area contributed by atoms with E-state index in [2.05, 4.69) is 15.0 Å². The van der Waals surface area contributed by atoms with Crippen LogP contribution in [0.15, 0.2) is 78.9 Å². The van der Waals surface area contributed by atoms with E-state index in [-0.39, 0.29) is 5.02 Å². The van der Waals surface area contributed by atoms with Crippen LogP contribution >= 0.6 is 11.6 Å². The van der Waals surface area contributed by atoms with Crippen molar-refractivity contribution in [1.29, 1.82) is 0 Å². The Labute approximate surface area is 155 Å². The van der Waals surface area contributed by atoms with Crippen molar-refractivity contribution in [3.63, 3.8) is 0 Å². The van der Waals surface area contributed by atoms with Gasteiger partial charge in [-0.2, -0.15) is 0 Å². The molecule has 3 aromatic carbocycles. The molecule has 26 heavy (non-hydrogen) atoms. The van der Waals surface area contributed by atoms with Crippen LogP contribution in [0.3, 0.4) is 0 Å². The van der Waals surface area contributed by atoms with Crippen LogP contribution < -0.4 is 0 Å². The highest BCUT2D eigenvalue weighted by molar-refractivity contribution is 6.31. The van der Waals surface area contributed by atoms with Crippen molar-refractivity contribution in [3.05, 3.63) is 89.7 Å². The summed E-state index contributed by atoms with van der Waals surface area (Å²) in [5, 5.41) is 0.0328. The smallest absolute Gasteiger partial charge is 0.164 e. The molecule has 0 N–H and O–H groups in total. The fourth-order valence-electron chi connectivity index (χ4n) is 2.57. The molecule has 0 fully saturated rings. The number of benzene rings is 3. The summed E-state index contributed by atoms with van der Waals surface area (Å²) in [4.78, 5) is 13.7. The van der Waals surface area contributed by atoms with Gasteiger partial charge >= 0.3 is 0 Å². The molecule has 1 aromatic heterocycles. The van der Waals surface area contributed by atoms with Gasteiger partial charge in [0, 0.05) is 16.7 Å². The van der Waals surface area contributed by atoms with E-state index in [1.54, 1.807) is 6.07 Å². The van der Waals surface area contributed by atoms with Gasteiger partial charge in [-0.3, -0.25) is 0 Å². The molecule has 0 aliphatic carbocycles. The monoisotopic (exact) mass is 361 g/mol. The van der Waals surface area contributed by atoms with E-state index in [4.69, 9.17) is 11.6 Å². The third-order valence-electron chi connectivity index (χ3n) is 3.88. The number of rotatable bonds is 3. The molecule has 0 saturated carbocycles. The van der Waals surface area contributed by atoms with Gasteiger partial charge in [0.1, 0.15) is 5.82 Å². The van der Waals surface area contributed by atoms with Gasteiger partial charge < -0.3 is 0 Å². The molecular weight excluding hydrogens is 349 g/mol. The first-order valence-electron chi connectivity index (χ1n) is 8.03. The summed E-state index contributed by atoms with van der Waals surface area (Å²) in [5.74, 6) is 1.07. The lowest BCUT2D eigenvalue weighted by molar-refractivity contribution is 0.628. The van der Waals surface area contributed by atoms with E-state index in [1.165, 1.54) is 12.1 Å². The zero-order valence-corrected chi connectivity index (χ0v) is 14.4. The first-order chi connectivity index (χ1) is 12.7. The zero-order chi connectivity index (χ0) is 17.9. The third-order valence-corrected chi connectivity index (χ3v) is 4.17. The second-order valence-electron chi connectivity index (χ2n) is 5.67. The Kier molecular flexibility index (Phi) is 4.42. The summed E-state index contributed by atoms with van der Waals surface area (Å²) in [6.45, 7) is 0. The lowest BCUT2D eigenvalue weighted by atomic mass is 10.1. The highest BCUT2D eigenvalue weighted by atomic mass is 35.5. The van der Waals surface area contributed by atoms with Gasteiger partial charge in [-0.15, -0.1) is 0 Å². The molecule has 0 atom stereocenters. The summed E-state index contributed by atoms with van der Waals surface area (Å²) in [7, 11) is 0. The fourth-order valence-corrected chi connectivity index (χ4v) is 2.75. The Morgan fingerprint density at radius 3 is 1.50 bits per heavy atom.